The minimum absolute atomic E-state index is 0.0791. The quantitative estimate of drug-likeness (QED) is 0.0261. The van der Waals surface area contributed by atoms with E-state index < -0.39 is 6.10 Å². The third-order valence-electron chi connectivity index (χ3n) is 13.2. The van der Waals surface area contributed by atoms with Crippen LogP contribution in [0.1, 0.15) is 303 Å². The molecule has 0 bridgehead atoms. The molecule has 6 heteroatoms. The van der Waals surface area contributed by atoms with Gasteiger partial charge in [-0.1, -0.05) is 254 Å². The number of esters is 3. The number of carbonyl (C=O) groups excluding carboxylic acids is 3. The number of hydrogen-bond acceptors (Lipinski definition) is 6. The molecule has 1 atom stereocenters. The molecule has 410 valence electrons. The lowest BCUT2D eigenvalue weighted by molar-refractivity contribution is -0.167. The minimum Gasteiger partial charge on any atom is -0.462 e. The summed E-state index contributed by atoms with van der Waals surface area (Å²) in [6.07, 6.45) is 76.2. The molecule has 0 rings (SSSR count). The standard InChI is InChI=1S/C65H114O6/c1-4-7-10-13-16-19-22-24-26-28-29-30-31-32-33-34-35-37-38-40-43-46-49-52-55-58-64(67)70-61-62(60-69-63(66)57-54-51-48-45-42-21-18-15-12-9-6-3)71-65(68)59-56-53-50-47-44-41-39-36-27-25-23-20-17-14-11-8-5-2/h7,10,15-16,18-19,24-27,29-30,62H,4-6,8-9,11-14,17,20-23,28,31-61H2,1-3H3/b10-7-,18-15-,19-16-,26-24-,27-25-,30-29-. The maximum absolute atomic E-state index is 12.9. The van der Waals surface area contributed by atoms with Gasteiger partial charge in [0, 0.05) is 19.3 Å². The molecule has 71 heavy (non-hydrogen) atoms. The molecule has 1 unspecified atom stereocenters. The van der Waals surface area contributed by atoms with Gasteiger partial charge in [-0.3, -0.25) is 14.4 Å². The van der Waals surface area contributed by atoms with Crippen molar-refractivity contribution in [3.05, 3.63) is 72.9 Å². The van der Waals surface area contributed by atoms with E-state index in [1.165, 1.54) is 173 Å². The van der Waals surface area contributed by atoms with Gasteiger partial charge in [0.1, 0.15) is 13.2 Å². The van der Waals surface area contributed by atoms with Crippen LogP contribution in [0, 0.1) is 0 Å². The first-order valence-electron chi connectivity index (χ1n) is 30.4. The maximum atomic E-state index is 12.9. The van der Waals surface area contributed by atoms with Crippen LogP contribution < -0.4 is 0 Å². The summed E-state index contributed by atoms with van der Waals surface area (Å²) in [5, 5.41) is 0. The molecule has 0 N–H and O–H groups in total. The van der Waals surface area contributed by atoms with Crippen molar-refractivity contribution in [3.8, 4) is 0 Å². The Balaban J connectivity index is 4.26. The summed E-state index contributed by atoms with van der Waals surface area (Å²) in [5.74, 6) is -0.885. The normalized spacial score (nSPS) is 12.5. The molecule has 0 heterocycles. The van der Waals surface area contributed by atoms with Crippen molar-refractivity contribution in [2.24, 2.45) is 0 Å². The minimum atomic E-state index is -0.781. The Morgan fingerprint density at radius 3 is 0.915 bits per heavy atom. The van der Waals surface area contributed by atoms with E-state index in [4.69, 9.17) is 14.2 Å². The second-order valence-corrected chi connectivity index (χ2v) is 20.2. The zero-order valence-electron chi connectivity index (χ0n) is 47.0. The van der Waals surface area contributed by atoms with Crippen LogP contribution in [0.4, 0.5) is 0 Å². The predicted molar refractivity (Wildman–Crippen MR) is 307 cm³/mol. The Hall–Kier alpha value is -3.15. The van der Waals surface area contributed by atoms with Crippen LogP contribution in [0.5, 0.6) is 0 Å². The van der Waals surface area contributed by atoms with Gasteiger partial charge in [0.15, 0.2) is 6.10 Å². The second-order valence-electron chi connectivity index (χ2n) is 20.2. The molecular weight excluding hydrogens is 877 g/mol. The number of ether oxygens (including phenoxy) is 3. The van der Waals surface area contributed by atoms with Crippen LogP contribution in [-0.4, -0.2) is 37.2 Å². The van der Waals surface area contributed by atoms with Gasteiger partial charge in [-0.05, 0) is 103 Å². The number of hydrogen-bond donors (Lipinski definition) is 0. The van der Waals surface area contributed by atoms with E-state index in [0.29, 0.717) is 19.3 Å². The molecule has 0 aliphatic carbocycles. The van der Waals surface area contributed by atoms with Crippen LogP contribution in [0.25, 0.3) is 0 Å². The van der Waals surface area contributed by atoms with Gasteiger partial charge >= 0.3 is 17.9 Å². The lowest BCUT2D eigenvalue weighted by atomic mass is 10.0. The Morgan fingerprint density at radius 1 is 0.296 bits per heavy atom. The fourth-order valence-electron chi connectivity index (χ4n) is 8.59. The average molecular weight is 992 g/mol. The maximum Gasteiger partial charge on any atom is 0.306 e. The first-order valence-corrected chi connectivity index (χ1v) is 30.4. The van der Waals surface area contributed by atoms with E-state index in [9.17, 15) is 14.4 Å². The molecule has 0 aromatic heterocycles. The van der Waals surface area contributed by atoms with Gasteiger partial charge in [-0.15, -0.1) is 0 Å². The van der Waals surface area contributed by atoms with Crippen LogP contribution in [-0.2, 0) is 28.6 Å². The third kappa shape index (κ3) is 57.6. The highest BCUT2D eigenvalue weighted by atomic mass is 16.6. The summed E-state index contributed by atoms with van der Waals surface area (Å²) >= 11 is 0. The van der Waals surface area contributed by atoms with Gasteiger partial charge in [-0.25, -0.2) is 0 Å². The first-order chi connectivity index (χ1) is 35.0. The van der Waals surface area contributed by atoms with Crippen LogP contribution in [0.3, 0.4) is 0 Å². The van der Waals surface area contributed by atoms with Crippen LogP contribution in [0.2, 0.25) is 0 Å². The van der Waals surface area contributed by atoms with E-state index in [2.05, 4.69) is 93.7 Å². The molecule has 0 radical (unpaired) electrons. The van der Waals surface area contributed by atoms with Crippen molar-refractivity contribution in [3.63, 3.8) is 0 Å². The summed E-state index contributed by atoms with van der Waals surface area (Å²) in [4.78, 5) is 38.2. The zero-order valence-corrected chi connectivity index (χ0v) is 47.0. The van der Waals surface area contributed by atoms with E-state index in [-0.39, 0.29) is 31.1 Å². The monoisotopic (exact) mass is 991 g/mol. The molecule has 0 amide bonds. The highest BCUT2D eigenvalue weighted by Gasteiger charge is 2.19. The zero-order chi connectivity index (χ0) is 51.4. The summed E-state index contributed by atoms with van der Waals surface area (Å²) in [6, 6.07) is 0. The molecule has 0 fully saturated rings. The van der Waals surface area contributed by atoms with Gasteiger partial charge in [0.25, 0.3) is 0 Å². The van der Waals surface area contributed by atoms with Crippen LogP contribution in [0.15, 0.2) is 72.9 Å². The largest absolute Gasteiger partial charge is 0.462 e. The van der Waals surface area contributed by atoms with Crippen LogP contribution >= 0.6 is 0 Å². The summed E-state index contributed by atoms with van der Waals surface area (Å²) in [5.41, 5.74) is 0. The van der Waals surface area contributed by atoms with Crippen molar-refractivity contribution in [2.75, 3.05) is 13.2 Å². The SMILES string of the molecule is CC/C=C\C/C=C\C/C=C\C/C=C\CCCCCCCCCCCCCCC(=O)OCC(COC(=O)CCCCCCC/C=C\CCCC)OC(=O)CCCCCCCCC/C=C\CCCCCCCC. The molecule has 0 saturated heterocycles. The van der Waals surface area contributed by atoms with Gasteiger partial charge in [-0.2, -0.15) is 0 Å². The van der Waals surface area contributed by atoms with Crippen molar-refractivity contribution in [2.45, 2.75) is 309 Å². The Morgan fingerprint density at radius 2 is 0.563 bits per heavy atom. The molecule has 0 aromatic rings. The van der Waals surface area contributed by atoms with E-state index in [1.807, 2.05) is 0 Å². The Kier molecular flexibility index (Phi) is 56.8. The summed E-state index contributed by atoms with van der Waals surface area (Å²) in [6.45, 7) is 6.50. The fourth-order valence-corrected chi connectivity index (χ4v) is 8.59. The second kappa shape index (κ2) is 59.4. The van der Waals surface area contributed by atoms with Crippen molar-refractivity contribution in [1.29, 1.82) is 0 Å². The molecule has 0 aliphatic rings. The molecule has 0 spiro atoms. The third-order valence-corrected chi connectivity index (χ3v) is 13.2. The highest BCUT2D eigenvalue weighted by molar-refractivity contribution is 5.71. The van der Waals surface area contributed by atoms with Gasteiger partial charge < -0.3 is 14.2 Å². The van der Waals surface area contributed by atoms with E-state index >= 15 is 0 Å². The molecule has 0 aromatic carbocycles. The van der Waals surface area contributed by atoms with E-state index in [0.717, 1.165) is 89.9 Å². The highest BCUT2D eigenvalue weighted by Crippen LogP contribution is 2.16. The lowest BCUT2D eigenvalue weighted by Crippen LogP contribution is -2.30. The topological polar surface area (TPSA) is 78.9 Å². The molecule has 6 nitrogen and oxygen atoms in total. The number of rotatable bonds is 55. The molecular formula is C65H114O6. The van der Waals surface area contributed by atoms with Gasteiger partial charge in [0.2, 0.25) is 0 Å². The number of allylic oxidation sites excluding steroid dienone is 12. The Labute approximate surface area is 440 Å². The van der Waals surface area contributed by atoms with E-state index in [1.54, 1.807) is 0 Å². The average Bonchev–Trinajstić information content (AvgIpc) is 3.37. The van der Waals surface area contributed by atoms with Crippen molar-refractivity contribution < 1.29 is 28.6 Å². The number of carbonyl (C=O) groups is 3. The lowest BCUT2D eigenvalue weighted by Gasteiger charge is -2.18. The molecule has 0 aliphatic heterocycles. The fraction of sp³-hybridized carbons (Fsp3) is 0.769. The summed E-state index contributed by atoms with van der Waals surface area (Å²) < 4.78 is 16.9. The first kappa shape index (κ1) is 67.8. The Bertz CT molecular complexity index is 1320. The van der Waals surface area contributed by atoms with Crippen molar-refractivity contribution >= 4 is 17.9 Å². The van der Waals surface area contributed by atoms with Gasteiger partial charge in [0.05, 0.1) is 0 Å². The summed E-state index contributed by atoms with van der Waals surface area (Å²) in [7, 11) is 0. The smallest absolute Gasteiger partial charge is 0.306 e. The predicted octanol–water partition coefficient (Wildman–Crippen LogP) is 20.5. The number of unbranched alkanes of at least 4 members (excludes halogenated alkanes) is 32. The van der Waals surface area contributed by atoms with Crippen molar-refractivity contribution in [1.82, 2.24) is 0 Å². The molecule has 0 saturated carbocycles.